The van der Waals surface area contributed by atoms with Gasteiger partial charge >= 0.3 is 0 Å². The van der Waals surface area contributed by atoms with Crippen LogP contribution in [0.25, 0.3) is 4.96 Å². The Morgan fingerprint density at radius 1 is 1.29 bits per heavy atom. The third kappa shape index (κ3) is 2.72. The molecule has 0 spiro atoms. The first-order valence-corrected chi connectivity index (χ1v) is 8.65. The van der Waals surface area contributed by atoms with E-state index in [0.29, 0.717) is 23.7 Å². The van der Waals surface area contributed by atoms with Gasteiger partial charge in [0.05, 0.1) is 0 Å². The summed E-state index contributed by atoms with van der Waals surface area (Å²) in [5, 5.41) is 5.27. The van der Waals surface area contributed by atoms with E-state index in [4.69, 9.17) is 0 Å². The second-order valence-electron chi connectivity index (χ2n) is 5.70. The zero-order chi connectivity index (χ0) is 16.5. The number of hydrogen-bond acceptors (Lipinski definition) is 5. The maximum atomic E-state index is 13.0. The summed E-state index contributed by atoms with van der Waals surface area (Å²) < 4.78 is 1.69. The molecule has 1 atom stereocenters. The zero-order valence-corrected chi connectivity index (χ0v) is 13.7. The van der Waals surface area contributed by atoms with Crippen molar-refractivity contribution in [3.63, 3.8) is 0 Å². The third-order valence-corrected chi connectivity index (χ3v) is 4.96. The van der Waals surface area contributed by atoms with E-state index in [2.05, 4.69) is 22.4 Å². The average molecular weight is 340 g/mol. The predicted octanol–water partition coefficient (Wildman–Crippen LogP) is 1.54. The van der Waals surface area contributed by atoms with Crippen LogP contribution in [0.2, 0.25) is 0 Å². The Kier molecular flexibility index (Phi) is 3.87. The minimum atomic E-state index is -0.379. The molecule has 1 aliphatic heterocycles. The lowest BCUT2D eigenvalue weighted by Crippen LogP contribution is -2.48. The molecule has 6 nitrogen and oxygen atoms in total. The van der Waals surface area contributed by atoms with Gasteiger partial charge in [-0.2, -0.15) is 4.98 Å². The summed E-state index contributed by atoms with van der Waals surface area (Å²) in [6, 6.07) is 11.5. The maximum Gasteiger partial charge on any atom is 0.274 e. The smallest absolute Gasteiger partial charge is 0.274 e. The molecule has 1 unspecified atom stereocenters. The number of carbonyl (C=O) groups excluding carboxylic acids is 1. The van der Waals surface area contributed by atoms with Crippen molar-refractivity contribution < 1.29 is 4.79 Å². The third-order valence-electron chi connectivity index (χ3n) is 4.20. The number of carbonyl (C=O) groups is 1. The summed E-state index contributed by atoms with van der Waals surface area (Å²) in [6.45, 7) is 1.91. The van der Waals surface area contributed by atoms with Crippen LogP contribution < -0.4 is 10.9 Å². The first-order chi connectivity index (χ1) is 11.7. The van der Waals surface area contributed by atoms with Crippen LogP contribution in [0.1, 0.15) is 22.1 Å². The summed E-state index contributed by atoms with van der Waals surface area (Å²) in [5.41, 5.74) is 1.15. The van der Waals surface area contributed by atoms with Gasteiger partial charge in [-0.1, -0.05) is 30.3 Å². The first kappa shape index (κ1) is 15.0. The largest absolute Gasteiger partial charge is 0.334 e. The number of hydrogen-bond donors (Lipinski definition) is 1. The molecule has 24 heavy (non-hydrogen) atoms. The fourth-order valence-corrected chi connectivity index (χ4v) is 3.74. The molecule has 4 rings (SSSR count). The number of nitrogens with one attached hydrogen (secondary N) is 1. The van der Waals surface area contributed by atoms with Crippen molar-refractivity contribution in [3.8, 4) is 0 Å². The molecule has 1 aromatic carbocycles. The molecule has 1 amide bonds. The number of aromatic nitrogens is 2. The molecule has 122 valence electrons. The lowest BCUT2D eigenvalue weighted by Gasteiger charge is -2.34. The number of benzene rings is 1. The molecule has 0 bridgehead atoms. The van der Waals surface area contributed by atoms with Crippen molar-refractivity contribution in [1.82, 2.24) is 19.6 Å². The average Bonchev–Trinajstić information content (AvgIpc) is 3.09. The Hall–Kier alpha value is -2.51. The Morgan fingerprint density at radius 2 is 2.12 bits per heavy atom. The summed E-state index contributed by atoms with van der Waals surface area (Å²) in [6.07, 6.45) is 1.77. The molecule has 0 aliphatic carbocycles. The fraction of sp³-hybridized carbons (Fsp3) is 0.235. The number of thiazole rings is 1. The van der Waals surface area contributed by atoms with Crippen LogP contribution in [0, 0.1) is 0 Å². The second kappa shape index (κ2) is 6.18. The van der Waals surface area contributed by atoms with E-state index in [9.17, 15) is 9.59 Å². The maximum absolute atomic E-state index is 13.0. The highest BCUT2D eigenvalue weighted by Crippen LogP contribution is 2.19. The number of rotatable bonds is 2. The van der Waals surface area contributed by atoms with Crippen LogP contribution in [0.4, 0.5) is 0 Å². The standard InChI is InChI=1S/C17H16N4O2S/c22-15-10-14(21-8-9-24-17(21)19-15)16(23)20-7-6-18-13(11-20)12-4-2-1-3-5-12/h1-5,8-10,13,18H,6-7,11H2. The second-order valence-corrected chi connectivity index (χ2v) is 6.58. The molecule has 3 aromatic rings. The lowest BCUT2D eigenvalue weighted by atomic mass is 10.0. The SMILES string of the molecule is O=C(c1cc(=O)nc2sccn12)N1CCNC(c2ccccc2)C1. The number of fused-ring (bicyclic) bond motifs is 1. The van der Waals surface area contributed by atoms with E-state index in [0.717, 1.165) is 12.1 Å². The van der Waals surface area contributed by atoms with Gasteiger partial charge in [0.2, 0.25) is 0 Å². The molecule has 0 radical (unpaired) electrons. The van der Waals surface area contributed by atoms with Gasteiger partial charge in [-0.3, -0.25) is 14.0 Å². The van der Waals surface area contributed by atoms with E-state index in [1.807, 2.05) is 23.6 Å². The van der Waals surface area contributed by atoms with E-state index in [1.54, 1.807) is 15.5 Å². The minimum Gasteiger partial charge on any atom is -0.334 e. The molecular formula is C17H16N4O2S. The van der Waals surface area contributed by atoms with Gasteiger partial charge in [-0.05, 0) is 5.56 Å². The minimum absolute atomic E-state index is 0.0976. The molecule has 1 fully saturated rings. The molecule has 1 N–H and O–H groups in total. The zero-order valence-electron chi connectivity index (χ0n) is 12.9. The van der Waals surface area contributed by atoms with Crippen molar-refractivity contribution in [2.75, 3.05) is 19.6 Å². The van der Waals surface area contributed by atoms with Gasteiger partial charge in [0.15, 0.2) is 4.96 Å². The highest BCUT2D eigenvalue weighted by molar-refractivity contribution is 7.15. The number of nitrogens with zero attached hydrogens (tertiary/aromatic N) is 3. The molecule has 1 saturated heterocycles. The molecule has 1 aliphatic rings. The number of amides is 1. The van der Waals surface area contributed by atoms with Gasteiger partial charge in [0.1, 0.15) is 5.69 Å². The summed E-state index contributed by atoms with van der Waals surface area (Å²) >= 11 is 1.35. The van der Waals surface area contributed by atoms with E-state index < -0.39 is 0 Å². The Morgan fingerprint density at radius 3 is 2.96 bits per heavy atom. The molecular weight excluding hydrogens is 324 g/mol. The normalized spacial score (nSPS) is 18.0. The van der Waals surface area contributed by atoms with E-state index in [-0.39, 0.29) is 17.5 Å². The van der Waals surface area contributed by atoms with Crippen molar-refractivity contribution >= 4 is 22.2 Å². The molecule has 7 heteroatoms. The molecule has 0 saturated carbocycles. The van der Waals surface area contributed by atoms with Crippen molar-refractivity contribution in [1.29, 1.82) is 0 Å². The summed E-state index contributed by atoms with van der Waals surface area (Å²) in [5.74, 6) is -0.134. The van der Waals surface area contributed by atoms with E-state index in [1.165, 1.54) is 17.4 Å². The van der Waals surface area contributed by atoms with Crippen molar-refractivity contribution in [2.45, 2.75) is 6.04 Å². The van der Waals surface area contributed by atoms with Gasteiger partial charge in [-0.25, -0.2) is 0 Å². The first-order valence-electron chi connectivity index (χ1n) is 7.77. The van der Waals surface area contributed by atoms with Crippen LogP contribution in [0.5, 0.6) is 0 Å². The predicted molar refractivity (Wildman–Crippen MR) is 92.4 cm³/mol. The number of piperazine rings is 1. The molecule has 3 heterocycles. The van der Waals surface area contributed by atoms with Gasteiger partial charge < -0.3 is 10.2 Å². The Bertz CT molecular complexity index is 934. The van der Waals surface area contributed by atoms with Gasteiger partial charge in [0, 0.05) is 43.3 Å². The van der Waals surface area contributed by atoms with Gasteiger partial charge in [-0.15, -0.1) is 11.3 Å². The summed E-state index contributed by atoms with van der Waals surface area (Å²) in [7, 11) is 0. The Balaban J connectivity index is 1.64. The topological polar surface area (TPSA) is 66.7 Å². The highest BCUT2D eigenvalue weighted by atomic mass is 32.1. The Labute approximate surface area is 142 Å². The van der Waals surface area contributed by atoms with Crippen LogP contribution >= 0.6 is 11.3 Å². The lowest BCUT2D eigenvalue weighted by molar-refractivity contribution is 0.0695. The van der Waals surface area contributed by atoms with Crippen molar-refractivity contribution in [2.24, 2.45) is 0 Å². The van der Waals surface area contributed by atoms with Crippen LogP contribution in [0.15, 0.2) is 52.8 Å². The van der Waals surface area contributed by atoms with Crippen LogP contribution in [0.3, 0.4) is 0 Å². The van der Waals surface area contributed by atoms with Crippen molar-refractivity contribution in [3.05, 3.63) is 69.6 Å². The van der Waals surface area contributed by atoms with Gasteiger partial charge in [0.25, 0.3) is 11.5 Å². The molecule has 2 aromatic heterocycles. The monoisotopic (exact) mass is 340 g/mol. The quantitative estimate of drug-likeness (QED) is 0.768. The fourth-order valence-electron chi connectivity index (χ4n) is 3.02. The van der Waals surface area contributed by atoms with E-state index >= 15 is 0 Å². The van der Waals surface area contributed by atoms with Crippen LogP contribution in [-0.4, -0.2) is 39.8 Å². The summed E-state index contributed by atoms with van der Waals surface area (Å²) in [4.78, 5) is 31.0. The van der Waals surface area contributed by atoms with Crippen LogP contribution in [-0.2, 0) is 0 Å². The highest BCUT2D eigenvalue weighted by Gasteiger charge is 2.26.